The van der Waals surface area contributed by atoms with Gasteiger partial charge in [-0.3, -0.25) is 4.79 Å². The normalized spacial score (nSPS) is 27.8. The average Bonchev–Trinajstić information content (AvgIpc) is 3.48. The van der Waals surface area contributed by atoms with E-state index < -0.39 is 5.82 Å². The molecule has 0 unspecified atom stereocenters. The SMILES string of the molecule is CCOC(=O)[C@@H]1C2CCC(CC2)[C@H]1Nc1nc(Br)nc(-c2ccc(C3CC3)s2)c1F. The monoisotopic (exact) mass is 493 g/mol. The van der Waals surface area contributed by atoms with Crippen LogP contribution in [0.5, 0.6) is 0 Å². The lowest BCUT2D eigenvalue weighted by atomic mass is 9.61. The molecule has 0 aromatic carbocycles. The first-order valence-electron chi connectivity index (χ1n) is 10.8. The molecule has 4 aliphatic rings. The van der Waals surface area contributed by atoms with Gasteiger partial charge >= 0.3 is 5.97 Å². The van der Waals surface area contributed by atoms with Crippen molar-refractivity contribution in [1.82, 2.24) is 9.97 Å². The molecule has 8 heteroatoms. The molecule has 2 bridgehead atoms. The number of esters is 1. The number of carbonyl (C=O) groups is 1. The van der Waals surface area contributed by atoms with Gasteiger partial charge < -0.3 is 10.1 Å². The largest absolute Gasteiger partial charge is 0.466 e. The number of fused-ring (bicyclic) bond motifs is 3. The van der Waals surface area contributed by atoms with Crippen LogP contribution in [0.2, 0.25) is 0 Å². The van der Waals surface area contributed by atoms with Gasteiger partial charge in [-0.1, -0.05) is 0 Å². The van der Waals surface area contributed by atoms with E-state index in [2.05, 4.69) is 37.3 Å². The fourth-order valence-electron chi connectivity index (χ4n) is 5.14. The van der Waals surface area contributed by atoms with Gasteiger partial charge in [-0.05, 0) is 91.3 Å². The molecule has 2 heterocycles. The third kappa shape index (κ3) is 3.77. The molecule has 2 aromatic heterocycles. The summed E-state index contributed by atoms with van der Waals surface area (Å²) in [5.41, 5.74) is 0.310. The molecule has 6 rings (SSSR count). The highest BCUT2D eigenvalue weighted by Gasteiger charge is 2.48. The molecule has 2 atom stereocenters. The number of thiophene rings is 1. The van der Waals surface area contributed by atoms with E-state index in [1.54, 1.807) is 11.3 Å². The number of nitrogens with zero attached hydrogens (tertiary/aromatic N) is 2. The van der Waals surface area contributed by atoms with Crippen molar-refractivity contribution in [3.63, 3.8) is 0 Å². The van der Waals surface area contributed by atoms with E-state index in [9.17, 15) is 4.79 Å². The molecular weight excluding hydrogens is 469 g/mol. The Kier molecular flexibility index (Phi) is 5.56. The van der Waals surface area contributed by atoms with Gasteiger partial charge in [0, 0.05) is 10.9 Å². The molecule has 5 nitrogen and oxygen atoms in total. The Balaban J connectivity index is 1.46. The summed E-state index contributed by atoms with van der Waals surface area (Å²) >= 11 is 4.96. The Morgan fingerprint density at radius 2 is 1.93 bits per heavy atom. The highest BCUT2D eigenvalue weighted by atomic mass is 79.9. The maximum Gasteiger partial charge on any atom is 0.311 e. The number of hydrogen-bond donors (Lipinski definition) is 1. The van der Waals surface area contributed by atoms with Crippen molar-refractivity contribution in [3.8, 4) is 10.6 Å². The molecule has 0 amide bonds. The van der Waals surface area contributed by atoms with Gasteiger partial charge in [0.1, 0.15) is 5.69 Å². The van der Waals surface area contributed by atoms with Gasteiger partial charge in [0.05, 0.1) is 17.4 Å². The standard InChI is InChI=1S/C22H25BrFN3O2S/c1-2-29-21(28)16-12-5-7-13(8-6-12)18(16)25-20-17(24)19(26-22(23)27-20)15-10-9-14(30-15)11-3-4-11/h9-13,16,18H,2-8H2,1H3,(H,25,26,27)/t12?,13?,16-,18-/m1/s1. The van der Waals surface area contributed by atoms with Crippen molar-refractivity contribution in [1.29, 1.82) is 0 Å². The number of halogens is 2. The molecule has 30 heavy (non-hydrogen) atoms. The zero-order chi connectivity index (χ0) is 20.8. The second-order valence-electron chi connectivity index (χ2n) is 8.60. The lowest BCUT2D eigenvalue weighted by molar-refractivity contribution is -0.154. The zero-order valence-corrected chi connectivity index (χ0v) is 19.3. The second-order valence-corrected chi connectivity index (χ2v) is 10.4. The molecule has 4 saturated carbocycles. The van der Waals surface area contributed by atoms with Crippen LogP contribution in [0.25, 0.3) is 10.6 Å². The third-order valence-corrected chi connectivity index (χ3v) is 8.35. The van der Waals surface area contributed by atoms with E-state index in [0.29, 0.717) is 28.9 Å². The number of ether oxygens (including phenoxy) is 1. The number of carbonyl (C=O) groups excluding carboxylic acids is 1. The predicted octanol–water partition coefficient (Wildman–Crippen LogP) is 5.76. The minimum atomic E-state index is -0.452. The molecule has 4 fully saturated rings. The number of anilines is 1. The zero-order valence-electron chi connectivity index (χ0n) is 16.9. The Bertz CT molecular complexity index is 956. The van der Waals surface area contributed by atoms with Gasteiger partial charge in [-0.15, -0.1) is 11.3 Å². The summed E-state index contributed by atoms with van der Waals surface area (Å²) < 4.78 is 21.2. The van der Waals surface area contributed by atoms with E-state index in [1.807, 2.05) is 13.0 Å². The van der Waals surface area contributed by atoms with Crippen molar-refractivity contribution in [2.75, 3.05) is 11.9 Å². The van der Waals surface area contributed by atoms with Crippen LogP contribution >= 0.6 is 27.3 Å². The van der Waals surface area contributed by atoms with E-state index in [0.717, 1.165) is 30.6 Å². The highest BCUT2D eigenvalue weighted by Crippen LogP contribution is 2.48. The van der Waals surface area contributed by atoms with Crippen molar-refractivity contribution >= 4 is 39.1 Å². The molecule has 4 aliphatic carbocycles. The average molecular weight is 494 g/mol. The first-order valence-corrected chi connectivity index (χ1v) is 12.4. The number of aromatic nitrogens is 2. The van der Waals surface area contributed by atoms with E-state index in [4.69, 9.17) is 4.74 Å². The Morgan fingerprint density at radius 3 is 2.63 bits per heavy atom. The minimum absolute atomic E-state index is 0.161. The maximum absolute atomic E-state index is 15.5. The second kappa shape index (κ2) is 8.19. The first kappa shape index (κ1) is 20.4. The molecule has 0 aliphatic heterocycles. The molecule has 1 N–H and O–H groups in total. The number of hydrogen-bond acceptors (Lipinski definition) is 6. The number of nitrogens with one attached hydrogen (secondary N) is 1. The lowest BCUT2D eigenvalue weighted by Gasteiger charge is -2.47. The van der Waals surface area contributed by atoms with Crippen LogP contribution in [0.1, 0.15) is 56.2 Å². The Morgan fingerprint density at radius 1 is 1.20 bits per heavy atom. The molecule has 2 aromatic rings. The summed E-state index contributed by atoms with van der Waals surface area (Å²) in [5, 5.41) is 3.31. The van der Waals surface area contributed by atoms with Gasteiger partial charge in [-0.2, -0.15) is 0 Å². The van der Waals surface area contributed by atoms with Crippen LogP contribution in [0, 0.1) is 23.6 Å². The fraction of sp³-hybridized carbons (Fsp3) is 0.591. The van der Waals surface area contributed by atoms with E-state index in [-0.39, 0.29) is 29.7 Å². The van der Waals surface area contributed by atoms with Crippen LogP contribution in [0.15, 0.2) is 16.9 Å². The van der Waals surface area contributed by atoms with Gasteiger partial charge in [0.15, 0.2) is 16.4 Å². The van der Waals surface area contributed by atoms with Crippen molar-refractivity contribution in [2.24, 2.45) is 17.8 Å². The Hall–Kier alpha value is -1.54. The van der Waals surface area contributed by atoms with E-state index >= 15 is 4.39 Å². The van der Waals surface area contributed by atoms with Crippen LogP contribution in [0.4, 0.5) is 10.2 Å². The van der Waals surface area contributed by atoms with Crippen LogP contribution in [-0.4, -0.2) is 28.6 Å². The molecular formula is C22H25BrFN3O2S. The molecule has 0 spiro atoms. The first-order chi connectivity index (χ1) is 14.5. The van der Waals surface area contributed by atoms with Gasteiger partial charge in [0.25, 0.3) is 0 Å². The number of rotatable bonds is 6. The maximum atomic E-state index is 15.5. The quantitative estimate of drug-likeness (QED) is 0.409. The minimum Gasteiger partial charge on any atom is -0.466 e. The van der Waals surface area contributed by atoms with E-state index in [1.165, 1.54) is 17.7 Å². The predicted molar refractivity (Wildman–Crippen MR) is 118 cm³/mol. The van der Waals surface area contributed by atoms with Crippen LogP contribution in [-0.2, 0) is 9.53 Å². The van der Waals surface area contributed by atoms with Gasteiger partial charge in [0.2, 0.25) is 0 Å². The summed E-state index contributed by atoms with van der Waals surface area (Å²) in [6.45, 7) is 2.19. The smallest absolute Gasteiger partial charge is 0.311 e. The highest BCUT2D eigenvalue weighted by molar-refractivity contribution is 9.10. The molecule has 160 valence electrons. The van der Waals surface area contributed by atoms with Crippen molar-refractivity contribution in [3.05, 3.63) is 27.6 Å². The summed E-state index contributed by atoms with van der Waals surface area (Å²) in [6, 6.07) is 3.87. The molecule has 0 saturated heterocycles. The summed E-state index contributed by atoms with van der Waals surface area (Å²) in [7, 11) is 0. The van der Waals surface area contributed by atoms with Crippen molar-refractivity contribution < 1.29 is 13.9 Å². The van der Waals surface area contributed by atoms with Crippen LogP contribution in [0.3, 0.4) is 0 Å². The van der Waals surface area contributed by atoms with Crippen LogP contribution < -0.4 is 5.32 Å². The van der Waals surface area contributed by atoms with Crippen molar-refractivity contribution in [2.45, 2.75) is 57.4 Å². The third-order valence-electron chi connectivity index (χ3n) is 6.75. The fourth-order valence-corrected chi connectivity index (χ4v) is 6.65. The molecule has 0 radical (unpaired) electrons. The topological polar surface area (TPSA) is 64.1 Å². The summed E-state index contributed by atoms with van der Waals surface area (Å²) in [6.07, 6.45) is 6.59. The lowest BCUT2D eigenvalue weighted by Crippen LogP contribution is -2.52. The summed E-state index contributed by atoms with van der Waals surface area (Å²) in [4.78, 5) is 23.4. The Labute approximate surface area is 188 Å². The van der Waals surface area contributed by atoms with Gasteiger partial charge in [-0.25, -0.2) is 14.4 Å². The summed E-state index contributed by atoms with van der Waals surface area (Å²) in [5.74, 6) is 0.522.